The van der Waals surface area contributed by atoms with Gasteiger partial charge in [0.1, 0.15) is 0 Å². The first-order valence-corrected chi connectivity index (χ1v) is 10.00. The number of thiazole rings is 1. The molecule has 25 heavy (non-hydrogen) atoms. The predicted molar refractivity (Wildman–Crippen MR) is 100 cm³/mol. The van der Waals surface area contributed by atoms with Crippen LogP contribution < -0.4 is 0 Å². The quantitative estimate of drug-likeness (QED) is 0.786. The maximum Gasteiger partial charge on any atom is 0.0959 e. The van der Waals surface area contributed by atoms with Crippen LogP contribution in [0, 0.1) is 6.92 Å². The summed E-state index contributed by atoms with van der Waals surface area (Å²) >= 11 is 7.94. The van der Waals surface area contributed by atoms with Crippen molar-refractivity contribution in [3.05, 3.63) is 50.9 Å². The summed E-state index contributed by atoms with van der Waals surface area (Å²) in [4.78, 5) is 6.87. The molecule has 0 saturated carbocycles. The molecule has 6 heteroatoms. The fraction of sp³-hybridized carbons (Fsp3) is 0.526. The van der Waals surface area contributed by atoms with Crippen LogP contribution in [0.4, 0.5) is 0 Å². The zero-order valence-corrected chi connectivity index (χ0v) is 16.0. The maximum atomic E-state index is 6.27. The highest BCUT2D eigenvalue weighted by atomic mass is 35.5. The van der Waals surface area contributed by atoms with Crippen LogP contribution in [0.2, 0.25) is 5.02 Å². The molecule has 2 aliphatic heterocycles. The minimum absolute atomic E-state index is 0.0395. The third-order valence-corrected chi connectivity index (χ3v) is 6.15. The Labute approximate surface area is 157 Å². The maximum absolute atomic E-state index is 6.27. The van der Waals surface area contributed by atoms with Crippen molar-refractivity contribution in [1.29, 1.82) is 0 Å². The van der Waals surface area contributed by atoms with Gasteiger partial charge in [0.25, 0.3) is 0 Å². The zero-order chi connectivity index (χ0) is 17.3. The van der Waals surface area contributed by atoms with Gasteiger partial charge >= 0.3 is 0 Å². The topological polar surface area (TPSA) is 34.6 Å². The molecule has 0 amide bonds. The highest BCUT2D eigenvalue weighted by molar-refractivity contribution is 7.09. The highest BCUT2D eigenvalue weighted by Gasteiger charge is 2.47. The Hall–Kier alpha value is -0.980. The number of halogens is 1. The molecule has 1 aromatic carbocycles. The van der Waals surface area contributed by atoms with Crippen molar-refractivity contribution >= 4 is 22.9 Å². The first-order valence-electron chi connectivity index (χ1n) is 8.74. The molecule has 1 unspecified atom stereocenters. The Morgan fingerprint density at radius 1 is 1.40 bits per heavy atom. The fourth-order valence-corrected chi connectivity index (χ4v) is 4.56. The van der Waals surface area contributed by atoms with Crippen molar-refractivity contribution in [3.8, 4) is 0 Å². The van der Waals surface area contributed by atoms with Gasteiger partial charge in [-0.3, -0.25) is 4.90 Å². The van der Waals surface area contributed by atoms with Gasteiger partial charge in [0.05, 0.1) is 29.0 Å². The second kappa shape index (κ2) is 7.33. The molecular formula is C19H23ClN2O2S. The molecule has 4 rings (SSSR count). The van der Waals surface area contributed by atoms with Gasteiger partial charge in [0.15, 0.2) is 0 Å². The van der Waals surface area contributed by atoms with Crippen molar-refractivity contribution in [2.45, 2.75) is 44.6 Å². The van der Waals surface area contributed by atoms with E-state index < -0.39 is 0 Å². The largest absolute Gasteiger partial charge is 0.372 e. The Morgan fingerprint density at radius 3 is 3.00 bits per heavy atom. The Morgan fingerprint density at radius 2 is 2.24 bits per heavy atom. The lowest BCUT2D eigenvalue weighted by atomic mass is 9.84. The van der Waals surface area contributed by atoms with Crippen LogP contribution in [0.25, 0.3) is 0 Å². The van der Waals surface area contributed by atoms with E-state index in [-0.39, 0.29) is 11.7 Å². The van der Waals surface area contributed by atoms with E-state index in [1.807, 2.05) is 25.1 Å². The molecule has 1 aromatic heterocycles. The minimum Gasteiger partial charge on any atom is -0.372 e. The molecule has 2 fully saturated rings. The summed E-state index contributed by atoms with van der Waals surface area (Å²) in [5, 5.41) is 4.02. The average Bonchev–Trinajstić information content (AvgIpc) is 2.99. The van der Waals surface area contributed by atoms with Gasteiger partial charge < -0.3 is 9.47 Å². The van der Waals surface area contributed by atoms with Gasteiger partial charge in [-0.2, -0.15) is 0 Å². The van der Waals surface area contributed by atoms with Crippen LogP contribution in [0.5, 0.6) is 0 Å². The van der Waals surface area contributed by atoms with Gasteiger partial charge in [0, 0.05) is 43.1 Å². The van der Waals surface area contributed by atoms with Gasteiger partial charge in [-0.05, 0) is 25.0 Å². The van der Waals surface area contributed by atoms with Crippen molar-refractivity contribution in [2.24, 2.45) is 0 Å². The van der Waals surface area contributed by atoms with Gasteiger partial charge in [-0.1, -0.05) is 29.8 Å². The van der Waals surface area contributed by atoms with Crippen LogP contribution in [0.3, 0.4) is 0 Å². The van der Waals surface area contributed by atoms with Crippen LogP contribution >= 0.6 is 22.9 Å². The highest BCUT2D eigenvalue weighted by Crippen LogP contribution is 2.36. The molecule has 2 aromatic rings. The van der Waals surface area contributed by atoms with E-state index in [0.29, 0.717) is 6.61 Å². The summed E-state index contributed by atoms with van der Waals surface area (Å²) < 4.78 is 12.2. The summed E-state index contributed by atoms with van der Waals surface area (Å²) in [5.74, 6) is 0. The number of ether oxygens (including phenoxy) is 2. The number of hydrogen-bond acceptors (Lipinski definition) is 5. The Bertz CT molecular complexity index is 730. The van der Waals surface area contributed by atoms with Gasteiger partial charge in [0.2, 0.25) is 0 Å². The molecular weight excluding hydrogens is 356 g/mol. The lowest BCUT2D eigenvalue weighted by Crippen LogP contribution is -2.65. The molecule has 1 spiro atoms. The number of aromatic nitrogens is 1. The van der Waals surface area contributed by atoms with Crippen molar-refractivity contribution in [1.82, 2.24) is 9.88 Å². The van der Waals surface area contributed by atoms with Crippen LogP contribution in [-0.4, -0.2) is 41.3 Å². The fourth-order valence-electron chi connectivity index (χ4n) is 3.77. The third-order valence-electron chi connectivity index (χ3n) is 4.96. The lowest BCUT2D eigenvalue weighted by molar-refractivity contribution is -0.200. The Kier molecular flexibility index (Phi) is 5.11. The molecule has 3 heterocycles. The second-order valence-corrected chi connectivity index (χ2v) is 8.52. The lowest BCUT2D eigenvalue weighted by Gasteiger charge is -2.53. The molecule has 0 N–H and O–H groups in total. The molecule has 134 valence electrons. The molecule has 2 aliphatic rings. The summed E-state index contributed by atoms with van der Waals surface area (Å²) in [7, 11) is 0. The van der Waals surface area contributed by atoms with Crippen LogP contribution in [0.15, 0.2) is 29.6 Å². The SMILES string of the molecule is Cc1nc(COC2CCOC3(C2)CN(Cc2ccccc2Cl)C3)cs1. The van der Waals surface area contributed by atoms with E-state index in [2.05, 4.69) is 21.3 Å². The van der Waals surface area contributed by atoms with Gasteiger partial charge in [-0.15, -0.1) is 11.3 Å². The third kappa shape index (κ3) is 4.07. The van der Waals surface area contributed by atoms with Crippen LogP contribution in [0.1, 0.15) is 29.1 Å². The number of rotatable bonds is 5. The summed E-state index contributed by atoms with van der Waals surface area (Å²) in [6.45, 7) is 6.20. The number of nitrogens with zero attached hydrogens (tertiary/aromatic N) is 2. The second-order valence-electron chi connectivity index (χ2n) is 7.05. The van der Waals surface area contributed by atoms with E-state index in [1.165, 1.54) is 5.56 Å². The number of likely N-dealkylation sites (tertiary alicyclic amines) is 1. The average molecular weight is 379 g/mol. The van der Waals surface area contributed by atoms with Gasteiger partial charge in [-0.25, -0.2) is 4.98 Å². The summed E-state index contributed by atoms with van der Waals surface area (Å²) in [6, 6.07) is 8.06. The van der Waals surface area contributed by atoms with E-state index in [0.717, 1.165) is 54.8 Å². The van der Waals surface area contributed by atoms with Crippen molar-refractivity contribution in [3.63, 3.8) is 0 Å². The normalized spacial score (nSPS) is 22.9. The van der Waals surface area contributed by atoms with E-state index >= 15 is 0 Å². The molecule has 0 aliphatic carbocycles. The van der Waals surface area contributed by atoms with Crippen molar-refractivity contribution in [2.75, 3.05) is 19.7 Å². The van der Waals surface area contributed by atoms with E-state index in [4.69, 9.17) is 21.1 Å². The van der Waals surface area contributed by atoms with E-state index in [9.17, 15) is 0 Å². The first-order chi connectivity index (χ1) is 12.1. The molecule has 0 bridgehead atoms. The Balaban J connectivity index is 1.28. The number of aryl methyl sites for hydroxylation is 1. The molecule has 0 radical (unpaired) electrons. The standard InChI is InChI=1S/C19H23ClN2O2S/c1-14-21-16(11-25-14)10-23-17-6-7-24-19(8-17)12-22(13-19)9-15-4-2-3-5-18(15)20/h2-5,11,17H,6-10,12-13H2,1H3. The van der Waals surface area contributed by atoms with Crippen molar-refractivity contribution < 1.29 is 9.47 Å². The number of benzene rings is 1. The zero-order valence-electron chi connectivity index (χ0n) is 14.4. The molecule has 4 nitrogen and oxygen atoms in total. The molecule has 1 atom stereocenters. The van der Waals surface area contributed by atoms with Crippen LogP contribution in [-0.2, 0) is 22.6 Å². The predicted octanol–water partition coefficient (Wildman–Crippen LogP) is 4.06. The van der Waals surface area contributed by atoms with E-state index in [1.54, 1.807) is 11.3 Å². The minimum atomic E-state index is -0.0395. The number of hydrogen-bond donors (Lipinski definition) is 0. The summed E-state index contributed by atoms with van der Waals surface area (Å²) in [5.41, 5.74) is 2.18. The smallest absolute Gasteiger partial charge is 0.0959 e. The monoisotopic (exact) mass is 378 g/mol. The first kappa shape index (κ1) is 17.4. The molecule has 2 saturated heterocycles. The summed E-state index contributed by atoms with van der Waals surface area (Å²) in [6.07, 6.45) is 2.20.